The number of ether oxygens (including phenoxy) is 1. The highest BCUT2D eigenvalue weighted by molar-refractivity contribution is 8.18. The number of methoxy groups -OCH3 is 1. The largest absolute Gasteiger partial charge is 0.383 e. The van der Waals surface area contributed by atoms with E-state index in [1.54, 1.807) is 18.2 Å². The fraction of sp³-hybridized carbons (Fsp3) is 0.250. The molecule has 1 aliphatic heterocycles. The number of imide groups is 1. The molecule has 1 N–H and O–H groups in total. The lowest BCUT2D eigenvalue weighted by atomic mass is 10.2. The van der Waals surface area contributed by atoms with Crippen LogP contribution in [0.2, 0.25) is 10.0 Å². The Hall–Kier alpha value is -2.66. The predicted molar refractivity (Wildman–Crippen MR) is 122 cm³/mol. The van der Waals surface area contributed by atoms with Gasteiger partial charge in [-0.3, -0.25) is 24.1 Å². The summed E-state index contributed by atoms with van der Waals surface area (Å²) in [4.78, 5) is 50.2. The van der Waals surface area contributed by atoms with E-state index in [9.17, 15) is 19.2 Å². The van der Waals surface area contributed by atoms with Gasteiger partial charge < -0.3 is 10.1 Å². The molecule has 32 heavy (non-hydrogen) atoms. The molecule has 1 aliphatic rings. The summed E-state index contributed by atoms with van der Waals surface area (Å²) < 4.78 is 6.04. The summed E-state index contributed by atoms with van der Waals surface area (Å²) in [5, 5.41) is 6.95. The highest BCUT2D eigenvalue weighted by atomic mass is 35.5. The maximum Gasteiger partial charge on any atom is 0.293 e. The summed E-state index contributed by atoms with van der Waals surface area (Å²) in [5.41, 5.74) is 0.237. The van der Waals surface area contributed by atoms with Gasteiger partial charge in [0, 0.05) is 36.3 Å². The maximum absolute atomic E-state index is 12.6. The fourth-order valence-electron chi connectivity index (χ4n) is 2.73. The minimum Gasteiger partial charge on any atom is -0.383 e. The van der Waals surface area contributed by atoms with Gasteiger partial charge in [-0.1, -0.05) is 29.3 Å². The van der Waals surface area contributed by atoms with Gasteiger partial charge in [0.15, 0.2) is 0 Å². The Kier molecular flexibility index (Phi) is 8.08. The molecule has 168 valence electrons. The summed E-state index contributed by atoms with van der Waals surface area (Å²) >= 11 is 12.8. The van der Waals surface area contributed by atoms with Gasteiger partial charge in [-0.15, -0.1) is 0 Å². The number of benzene rings is 1. The number of carbonyl (C=O) groups excluding carboxylic acids is 3. The maximum atomic E-state index is 12.6. The zero-order valence-corrected chi connectivity index (χ0v) is 19.2. The molecule has 1 aromatic heterocycles. The van der Waals surface area contributed by atoms with Crippen LogP contribution in [-0.4, -0.2) is 58.5 Å². The van der Waals surface area contributed by atoms with E-state index in [1.165, 1.54) is 25.3 Å². The van der Waals surface area contributed by atoms with E-state index < -0.39 is 17.1 Å². The molecule has 3 amide bonds. The number of amides is 3. The predicted octanol–water partition coefficient (Wildman–Crippen LogP) is 2.66. The van der Waals surface area contributed by atoms with Crippen LogP contribution < -0.4 is 10.9 Å². The minimum absolute atomic E-state index is 0.0186. The van der Waals surface area contributed by atoms with Gasteiger partial charge in [0.05, 0.1) is 18.1 Å². The smallest absolute Gasteiger partial charge is 0.293 e. The van der Waals surface area contributed by atoms with E-state index in [0.29, 0.717) is 15.6 Å². The fourth-order valence-corrected chi connectivity index (χ4v) is 4.05. The number of thioether (sulfide) groups is 1. The number of hydrogen-bond acceptors (Lipinski definition) is 7. The molecule has 9 nitrogen and oxygen atoms in total. The molecule has 3 rings (SSSR count). The Bertz CT molecular complexity index is 1150. The lowest BCUT2D eigenvalue weighted by molar-refractivity contribution is -0.122. The highest BCUT2D eigenvalue weighted by Gasteiger charge is 2.34. The number of nitrogens with zero attached hydrogens (tertiary/aromatic N) is 3. The lowest BCUT2D eigenvalue weighted by Crippen LogP contribution is -2.38. The number of halogens is 2. The molecule has 2 aromatic rings. The summed E-state index contributed by atoms with van der Waals surface area (Å²) in [5.74, 6) is -1.02. The molecule has 0 radical (unpaired) electrons. The average molecular weight is 497 g/mol. The number of nitrogens with one attached hydrogen (secondary N) is 1. The molecule has 0 unspecified atom stereocenters. The van der Waals surface area contributed by atoms with Crippen LogP contribution in [-0.2, 0) is 16.1 Å². The van der Waals surface area contributed by atoms with E-state index in [4.69, 9.17) is 27.9 Å². The van der Waals surface area contributed by atoms with Crippen molar-refractivity contribution in [3.8, 4) is 0 Å². The summed E-state index contributed by atoms with van der Waals surface area (Å²) in [6.45, 7) is 0.471. The minimum atomic E-state index is -0.536. The Morgan fingerprint density at radius 3 is 2.69 bits per heavy atom. The molecule has 1 saturated heterocycles. The first-order valence-corrected chi connectivity index (χ1v) is 10.9. The van der Waals surface area contributed by atoms with Crippen molar-refractivity contribution in [1.82, 2.24) is 20.0 Å². The van der Waals surface area contributed by atoms with Crippen molar-refractivity contribution in [3.05, 3.63) is 66.9 Å². The zero-order valence-electron chi connectivity index (χ0n) is 16.8. The average Bonchev–Trinajstić information content (AvgIpc) is 3.02. The van der Waals surface area contributed by atoms with Crippen LogP contribution in [0.25, 0.3) is 6.08 Å². The van der Waals surface area contributed by atoms with Crippen molar-refractivity contribution in [2.45, 2.75) is 6.54 Å². The topological polar surface area (TPSA) is 111 Å². The first kappa shape index (κ1) is 24.0. The van der Waals surface area contributed by atoms with Crippen LogP contribution in [0.1, 0.15) is 16.1 Å². The molecule has 0 bridgehead atoms. The normalized spacial score (nSPS) is 15.0. The number of hydrogen-bond donors (Lipinski definition) is 1. The van der Waals surface area contributed by atoms with E-state index in [0.717, 1.165) is 21.3 Å². The number of carbonyl (C=O) groups is 3. The molecular weight excluding hydrogens is 479 g/mol. The lowest BCUT2D eigenvalue weighted by Gasteiger charge is -2.13. The van der Waals surface area contributed by atoms with E-state index in [-0.39, 0.29) is 42.4 Å². The second kappa shape index (κ2) is 10.8. The zero-order chi connectivity index (χ0) is 23.3. The summed E-state index contributed by atoms with van der Waals surface area (Å²) in [6, 6.07) is 7.37. The Labute approximate surface area is 197 Å². The van der Waals surface area contributed by atoms with Crippen molar-refractivity contribution < 1.29 is 19.1 Å². The van der Waals surface area contributed by atoms with Crippen LogP contribution in [0, 0.1) is 0 Å². The second-order valence-electron chi connectivity index (χ2n) is 6.53. The van der Waals surface area contributed by atoms with Crippen LogP contribution >= 0.6 is 35.0 Å². The van der Waals surface area contributed by atoms with E-state index >= 15 is 0 Å². The van der Waals surface area contributed by atoms with Gasteiger partial charge in [-0.2, -0.15) is 5.10 Å². The molecule has 12 heteroatoms. The highest BCUT2D eigenvalue weighted by Crippen LogP contribution is 2.33. The second-order valence-corrected chi connectivity index (χ2v) is 8.36. The van der Waals surface area contributed by atoms with Crippen LogP contribution in [0.5, 0.6) is 0 Å². The van der Waals surface area contributed by atoms with Gasteiger partial charge in [0.1, 0.15) is 5.69 Å². The van der Waals surface area contributed by atoms with Crippen LogP contribution in [0.3, 0.4) is 0 Å². The summed E-state index contributed by atoms with van der Waals surface area (Å²) in [6.07, 6.45) is 1.52. The molecular formula is C20H18Cl2N4O5S. The van der Waals surface area contributed by atoms with Gasteiger partial charge in [-0.05, 0) is 41.6 Å². The Balaban J connectivity index is 1.61. The Morgan fingerprint density at radius 1 is 1.19 bits per heavy atom. The van der Waals surface area contributed by atoms with Gasteiger partial charge >= 0.3 is 0 Å². The number of aromatic nitrogens is 2. The van der Waals surface area contributed by atoms with E-state index in [2.05, 4.69) is 10.4 Å². The monoisotopic (exact) mass is 496 g/mol. The molecule has 2 heterocycles. The van der Waals surface area contributed by atoms with Crippen molar-refractivity contribution >= 4 is 58.1 Å². The van der Waals surface area contributed by atoms with Crippen molar-refractivity contribution in [2.75, 3.05) is 26.8 Å². The molecule has 1 fully saturated rings. The molecule has 0 atom stereocenters. The third-order valence-electron chi connectivity index (χ3n) is 4.35. The molecule has 0 spiro atoms. The standard InChI is InChI=1S/C20H18Cl2N4O5S/c1-31-9-8-26-17(27)5-4-15(24-26)18(28)23-6-7-25-19(29)16(32-20(25)30)10-12-2-3-13(21)11-14(12)22/h2-5,10-11H,6-9H2,1H3,(H,23,28)/b16-10-. The molecule has 0 aliphatic carbocycles. The third kappa shape index (κ3) is 5.77. The van der Waals surface area contributed by atoms with Crippen LogP contribution in [0.15, 0.2) is 40.0 Å². The molecule has 0 saturated carbocycles. The van der Waals surface area contributed by atoms with Crippen molar-refractivity contribution in [1.29, 1.82) is 0 Å². The van der Waals surface area contributed by atoms with E-state index in [1.807, 2.05) is 0 Å². The first-order valence-electron chi connectivity index (χ1n) is 9.36. The van der Waals surface area contributed by atoms with Crippen molar-refractivity contribution in [3.63, 3.8) is 0 Å². The Morgan fingerprint density at radius 2 is 1.97 bits per heavy atom. The van der Waals surface area contributed by atoms with Gasteiger partial charge in [0.2, 0.25) is 0 Å². The summed E-state index contributed by atoms with van der Waals surface area (Å²) in [7, 11) is 1.49. The quantitative estimate of drug-likeness (QED) is 0.559. The van der Waals surface area contributed by atoms with Gasteiger partial charge in [0.25, 0.3) is 22.6 Å². The first-order chi connectivity index (χ1) is 15.3. The van der Waals surface area contributed by atoms with Crippen molar-refractivity contribution in [2.24, 2.45) is 0 Å². The van der Waals surface area contributed by atoms with Gasteiger partial charge in [-0.25, -0.2) is 4.68 Å². The molecule has 1 aromatic carbocycles. The van der Waals surface area contributed by atoms with Crippen LogP contribution in [0.4, 0.5) is 4.79 Å². The SMILES string of the molecule is COCCn1nc(C(=O)NCCN2C(=O)S/C(=C\c3ccc(Cl)cc3Cl)C2=O)ccc1=O. The number of rotatable bonds is 8. The third-order valence-corrected chi connectivity index (χ3v) is 5.82.